The number of nitrogens with zero attached hydrogens (tertiary/aromatic N) is 1. The predicted octanol–water partition coefficient (Wildman–Crippen LogP) is 3.47. The van der Waals surface area contributed by atoms with Gasteiger partial charge in [0, 0.05) is 18.8 Å². The van der Waals surface area contributed by atoms with Crippen LogP contribution >= 0.6 is 0 Å². The maximum absolute atomic E-state index is 12.8. The molecular formula is C20H26N2O4S2. The van der Waals surface area contributed by atoms with Crippen molar-refractivity contribution in [2.45, 2.75) is 42.9 Å². The van der Waals surface area contributed by atoms with Gasteiger partial charge >= 0.3 is 0 Å². The largest absolute Gasteiger partial charge is 0.280 e. The molecule has 1 fully saturated rings. The molecule has 0 bridgehead atoms. The van der Waals surface area contributed by atoms with Crippen molar-refractivity contribution < 1.29 is 16.8 Å². The highest BCUT2D eigenvalue weighted by Gasteiger charge is 2.28. The molecule has 0 aliphatic carbocycles. The second-order valence-electron chi connectivity index (χ2n) is 7.24. The molecule has 1 atom stereocenters. The van der Waals surface area contributed by atoms with E-state index in [9.17, 15) is 16.8 Å². The quantitative estimate of drug-likeness (QED) is 0.773. The number of hydrogen-bond donors (Lipinski definition) is 1. The molecule has 152 valence electrons. The van der Waals surface area contributed by atoms with E-state index in [1.165, 1.54) is 28.6 Å². The number of nitrogens with one attached hydrogen (secondary N) is 1. The van der Waals surface area contributed by atoms with Crippen LogP contribution < -0.4 is 4.72 Å². The lowest BCUT2D eigenvalue weighted by molar-refractivity contribution is 0.281. The van der Waals surface area contributed by atoms with Gasteiger partial charge in [0.25, 0.3) is 10.0 Å². The van der Waals surface area contributed by atoms with Crippen molar-refractivity contribution in [2.75, 3.05) is 17.8 Å². The van der Waals surface area contributed by atoms with E-state index in [1.807, 2.05) is 13.8 Å². The lowest BCUT2D eigenvalue weighted by atomic mass is 10.0. The lowest BCUT2D eigenvalue weighted by Crippen LogP contribution is -2.39. The molecular weight excluding hydrogens is 396 g/mol. The van der Waals surface area contributed by atoms with Crippen molar-refractivity contribution in [3.05, 3.63) is 54.1 Å². The Morgan fingerprint density at radius 3 is 2.14 bits per heavy atom. The summed E-state index contributed by atoms with van der Waals surface area (Å²) in [5.41, 5.74) is 1.38. The molecule has 6 nitrogen and oxygen atoms in total. The van der Waals surface area contributed by atoms with Gasteiger partial charge < -0.3 is 0 Å². The van der Waals surface area contributed by atoms with Crippen LogP contribution in [-0.2, 0) is 26.5 Å². The zero-order valence-corrected chi connectivity index (χ0v) is 17.8. The Morgan fingerprint density at radius 1 is 0.964 bits per heavy atom. The number of rotatable bonds is 6. The summed E-state index contributed by atoms with van der Waals surface area (Å²) in [5.74, 6) is 0.341. The van der Waals surface area contributed by atoms with E-state index in [2.05, 4.69) is 4.72 Å². The lowest BCUT2D eigenvalue weighted by Gasteiger charge is -2.30. The smallest absolute Gasteiger partial charge is 0.261 e. The molecule has 1 N–H and O–H groups in total. The second-order valence-corrected chi connectivity index (χ2v) is 10.9. The topological polar surface area (TPSA) is 83.5 Å². The van der Waals surface area contributed by atoms with Gasteiger partial charge in [-0.15, -0.1) is 0 Å². The van der Waals surface area contributed by atoms with Crippen molar-refractivity contribution in [2.24, 2.45) is 5.92 Å². The fraction of sp³-hybridized carbons (Fsp3) is 0.400. The Balaban J connectivity index is 1.76. The first kappa shape index (κ1) is 20.8. The highest BCUT2D eigenvalue weighted by atomic mass is 32.2. The maximum atomic E-state index is 12.8. The summed E-state index contributed by atoms with van der Waals surface area (Å²) in [7, 11) is -7.28. The number of benzene rings is 2. The standard InChI is InChI=1S/C20H26N2O4S2/c1-3-17-6-10-19(11-7-17)27(23,24)21-18-8-12-20(13-9-18)28(25,26)22-14-4-5-16(2)15-22/h6-13,16,21H,3-5,14-15H2,1-2H3/t16-/m0/s1. The molecule has 0 saturated carbocycles. The van der Waals surface area contributed by atoms with Crippen molar-refractivity contribution in [1.29, 1.82) is 0 Å². The molecule has 0 aromatic heterocycles. The van der Waals surface area contributed by atoms with Crippen molar-refractivity contribution in [3.63, 3.8) is 0 Å². The highest BCUT2D eigenvalue weighted by molar-refractivity contribution is 7.92. The van der Waals surface area contributed by atoms with E-state index in [-0.39, 0.29) is 9.79 Å². The maximum Gasteiger partial charge on any atom is 0.261 e. The van der Waals surface area contributed by atoms with Crippen LogP contribution in [0.4, 0.5) is 5.69 Å². The summed E-state index contributed by atoms with van der Waals surface area (Å²) in [5, 5.41) is 0. The van der Waals surface area contributed by atoms with Gasteiger partial charge in [0.1, 0.15) is 0 Å². The first-order valence-electron chi connectivity index (χ1n) is 9.44. The van der Waals surface area contributed by atoms with Gasteiger partial charge in [0.15, 0.2) is 0 Å². The first-order chi connectivity index (χ1) is 13.2. The summed E-state index contributed by atoms with van der Waals surface area (Å²) in [6.45, 7) is 5.09. The summed E-state index contributed by atoms with van der Waals surface area (Å²) in [6.07, 6.45) is 2.72. The average molecular weight is 423 g/mol. The van der Waals surface area contributed by atoms with Crippen LogP contribution in [0.1, 0.15) is 32.3 Å². The third-order valence-electron chi connectivity index (χ3n) is 5.01. The molecule has 1 aliphatic rings. The third-order valence-corrected chi connectivity index (χ3v) is 8.28. The average Bonchev–Trinajstić information content (AvgIpc) is 2.68. The molecule has 0 spiro atoms. The zero-order chi connectivity index (χ0) is 20.4. The Morgan fingerprint density at radius 2 is 1.57 bits per heavy atom. The van der Waals surface area contributed by atoms with Crippen LogP contribution in [0.3, 0.4) is 0 Å². The summed E-state index contributed by atoms with van der Waals surface area (Å²) in [4.78, 5) is 0.348. The molecule has 1 saturated heterocycles. The fourth-order valence-corrected chi connectivity index (χ4v) is 5.98. The van der Waals surface area contributed by atoms with E-state index in [0.29, 0.717) is 24.7 Å². The van der Waals surface area contributed by atoms with Gasteiger partial charge in [-0.2, -0.15) is 4.31 Å². The second kappa shape index (κ2) is 8.23. The number of aryl methyl sites for hydroxylation is 1. The van der Waals surface area contributed by atoms with Gasteiger partial charge in [0.2, 0.25) is 10.0 Å². The van der Waals surface area contributed by atoms with Crippen LogP contribution in [-0.4, -0.2) is 34.2 Å². The molecule has 1 aliphatic heterocycles. The SMILES string of the molecule is CCc1ccc(S(=O)(=O)Nc2ccc(S(=O)(=O)N3CCC[C@H](C)C3)cc2)cc1. The van der Waals surface area contributed by atoms with Crippen LogP contribution in [0.2, 0.25) is 0 Å². The number of piperidine rings is 1. The minimum absolute atomic E-state index is 0.170. The van der Waals surface area contributed by atoms with E-state index in [4.69, 9.17) is 0 Å². The monoisotopic (exact) mass is 422 g/mol. The van der Waals surface area contributed by atoms with E-state index >= 15 is 0 Å². The molecule has 28 heavy (non-hydrogen) atoms. The molecule has 2 aromatic carbocycles. The van der Waals surface area contributed by atoms with Crippen LogP contribution in [0, 0.1) is 5.92 Å². The van der Waals surface area contributed by atoms with Crippen LogP contribution in [0.5, 0.6) is 0 Å². The zero-order valence-electron chi connectivity index (χ0n) is 16.1. The molecule has 0 unspecified atom stereocenters. The van der Waals surface area contributed by atoms with Gasteiger partial charge in [0.05, 0.1) is 9.79 Å². The van der Waals surface area contributed by atoms with E-state index < -0.39 is 20.0 Å². The molecule has 0 radical (unpaired) electrons. The summed E-state index contributed by atoms with van der Waals surface area (Å²) < 4.78 is 54.7. The number of hydrogen-bond acceptors (Lipinski definition) is 4. The number of anilines is 1. The minimum Gasteiger partial charge on any atom is -0.280 e. The molecule has 3 rings (SSSR count). The first-order valence-corrected chi connectivity index (χ1v) is 12.4. The molecule has 0 amide bonds. The van der Waals surface area contributed by atoms with Crippen LogP contribution in [0.15, 0.2) is 58.3 Å². The van der Waals surface area contributed by atoms with Gasteiger partial charge in [-0.05, 0) is 67.1 Å². The summed E-state index contributed by atoms with van der Waals surface area (Å²) in [6, 6.07) is 12.6. The normalized spacial score (nSPS) is 18.7. The molecule has 8 heteroatoms. The van der Waals surface area contributed by atoms with Crippen molar-refractivity contribution in [1.82, 2.24) is 4.31 Å². The fourth-order valence-electron chi connectivity index (χ4n) is 3.33. The Kier molecular flexibility index (Phi) is 6.12. The predicted molar refractivity (Wildman–Crippen MR) is 110 cm³/mol. The third kappa shape index (κ3) is 4.56. The van der Waals surface area contributed by atoms with Crippen molar-refractivity contribution >= 4 is 25.7 Å². The van der Waals surface area contributed by atoms with Gasteiger partial charge in [-0.3, -0.25) is 4.72 Å². The van der Waals surface area contributed by atoms with Crippen LogP contribution in [0.25, 0.3) is 0 Å². The Labute approximate surface area is 167 Å². The highest BCUT2D eigenvalue weighted by Crippen LogP contribution is 2.25. The van der Waals surface area contributed by atoms with Crippen molar-refractivity contribution in [3.8, 4) is 0 Å². The van der Waals surface area contributed by atoms with E-state index in [0.717, 1.165) is 24.8 Å². The Hall–Kier alpha value is -1.90. The number of sulfonamides is 2. The summed E-state index contributed by atoms with van der Waals surface area (Å²) >= 11 is 0. The molecule has 2 aromatic rings. The van der Waals surface area contributed by atoms with Gasteiger partial charge in [-0.25, -0.2) is 16.8 Å². The minimum atomic E-state index is -3.72. The Bertz CT molecular complexity index is 1010. The van der Waals surface area contributed by atoms with E-state index in [1.54, 1.807) is 24.3 Å². The molecule has 1 heterocycles. The van der Waals surface area contributed by atoms with Gasteiger partial charge in [-0.1, -0.05) is 26.0 Å².